The van der Waals surface area contributed by atoms with Crippen LogP contribution < -0.4 is 11.1 Å². The van der Waals surface area contributed by atoms with E-state index in [9.17, 15) is 9.59 Å². The van der Waals surface area contributed by atoms with E-state index in [0.29, 0.717) is 30.8 Å². The molecule has 3 atom stereocenters. The van der Waals surface area contributed by atoms with E-state index in [0.717, 1.165) is 12.8 Å². The molecule has 23 heavy (non-hydrogen) atoms. The maximum absolute atomic E-state index is 12.6. The minimum absolute atomic E-state index is 0. The number of likely N-dealkylation sites (tertiary alicyclic amines) is 1. The van der Waals surface area contributed by atoms with E-state index < -0.39 is 0 Å². The van der Waals surface area contributed by atoms with Crippen LogP contribution in [-0.2, 0) is 9.59 Å². The molecule has 2 bridgehead atoms. The molecule has 6 heteroatoms. The van der Waals surface area contributed by atoms with Crippen molar-refractivity contribution < 1.29 is 9.59 Å². The lowest BCUT2D eigenvalue weighted by Crippen LogP contribution is -2.50. The van der Waals surface area contributed by atoms with Gasteiger partial charge in [-0.15, -0.1) is 12.4 Å². The van der Waals surface area contributed by atoms with E-state index in [1.165, 1.54) is 19.3 Å². The van der Waals surface area contributed by atoms with Crippen molar-refractivity contribution in [1.82, 2.24) is 10.2 Å². The molecule has 3 rings (SSSR count). The molecule has 2 aliphatic carbocycles. The van der Waals surface area contributed by atoms with Crippen molar-refractivity contribution in [2.24, 2.45) is 23.5 Å². The van der Waals surface area contributed by atoms with Crippen molar-refractivity contribution in [3.63, 3.8) is 0 Å². The maximum Gasteiger partial charge on any atom is 0.225 e. The van der Waals surface area contributed by atoms with E-state index in [2.05, 4.69) is 5.32 Å². The summed E-state index contributed by atoms with van der Waals surface area (Å²) in [5, 5.41) is 3.13. The molecule has 1 heterocycles. The second-order valence-corrected chi connectivity index (χ2v) is 7.75. The number of carbonyl (C=O) groups is 2. The topological polar surface area (TPSA) is 75.4 Å². The normalized spacial score (nSPS) is 36.8. The van der Waals surface area contributed by atoms with Crippen LogP contribution >= 0.6 is 12.4 Å². The van der Waals surface area contributed by atoms with E-state index in [-0.39, 0.29) is 42.2 Å². The van der Waals surface area contributed by atoms with Gasteiger partial charge in [-0.1, -0.05) is 6.42 Å². The van der Waals surface area contributed by atoms with Crippen LogP contribution in [0.2, 0.25) is 0 Å². The molecule has 1 aliphatic heterocycles. The zero-order chi connectivity index (χ0) is 15.9. The Bertz CT molecular complexity index is 443. The van der Waals surface area contributed by atoms with Crippen molar-refractivity contribution in [2.45, 2.75) is 70.5 Å². The Morgan fingerprint density at radius 1 is 1.26 bits per heavy atom. The molecule has 132 valence electrons. The Morgan fingerprint density at radius 2 is 1.87 bits per heavy atom. The Balaban J connectivity index is 0.00000192. The fourth-order valence-electron chi connectivity index (χ4n) is 4.65. The number of fused-ring (bicyclic) bond motifs is 2. The van der Waals surface area contributed by atoms with Crippen LogP contribution in [0.5, 0.6) is 0 Å². The fraction of sp³-hybridized carbons (Fsp3) is 0.882. The number of hydrogen-bond donors (Lipinski definition) is 2. The summed E-state index contributed by atoms with van der Waals surface area (Å²) < 4.78 is 0. The second kappa shape index (κ2) is 7.39. The average molecular weight is 344 g/mol. The minimum Gasteiger partial charge on any atom is -0.351 e. The van der Waals surface area contributed by atoms with Gasteiger partial charge in [0, 0.05) is 31.0 Å². The third kappa shape index (κ3) is 3.82. The van der Waals surface area contributed by atoms with E-state index in [1.807, 2.05) is 18.7 Å². The molecule has 2 amide bonds. The quantitative estimate of drug-likeness (QED) is 0.818. The zero-order valence-corrected chi connectivity index (χ0v) is 15.0. The first-order chi connectivity index (χ1) is 10.5. The van der Waals surface area contributed by atoms with Gasteiger partial charge in [0.2, 0.25) is 11.8 Å². The smallest absolute Gasteiger partial charge is 0.225 e. The molecule has 3 fully saturated rings. The summed E-state index contributed by atoms with van der Waals surface area (Å²) in [4.78, 5) is 26.4. The third-order valence-electron chi connectivity index (χ3n) is 5.91. The van der Waals surface area contributed by atoms with Gasteiger partial charge in [-0.2, -0.15) is 0 Å². The first-order valence-electron chi connectivity index (χ1n) is 8.81. The lowest BCUT2D eigenvalue weighted by atomic mass is 9.65. The summed E-state index contributed by atoms with van der Waals surface area (Å²) in [7, 11) is 0. The second-order valence-electron chi connectivity index (χ2n) is 7.75. The number of rotatable bonds is 3. The summed E-state index contributed by atoms with van der Waals surface area (Å²) in [5.74, 6) is 1.43. The highest BCUT2D eigenvalue weighted by Gasteiger charge is 2.41. The van der Waals surface area contributed by atoms with Crippen molar-refractivity contribution in [3.8, 4) is 0 Å². The van der Waals surface area contributed by atoms with Crippen LogP contribution in [0, 0.1) is 17.8 Å². The lowest BCUT2D eigenvalue weighted by Gasteiger charge is -2.43. The molecule has 0 spiro atoms. The fourth-order valence-corrected chi connectivity index (χ4v) is 4.65. The third-order valence-corrected chi connectivity index (χ3v) is 5.91. The highest BCUT2D eigenvalue weighted by atomic mass is 35.5. The Labute approximate surface area is 145 Å². The Hall–Kier alpha value is -0.810. The van der Waals surface area contributed by atoms with Crippen molar-refractivity contribution >= 4 is 24.2 Å². The van der Waals surface area contributed by atoms with Crippen LogP contribution in [0.1, 0.15) is 52.4 Å². The first-order valence-corrected chi connectivity index (χ1v) is 8.81. The van der Waals surface area contributed by atoms with Crippen LogP contribution in [0.3, 0.4) is 0 Å². The summed E-state index contributed by atoms with van der Waals surface area (Å²) in [6.45, 7) is 4.69. The molecule has 0 radical (unpaired) electrons. The average Bonchev–Trinajstić information content (AvgIpc) is 2.79. The van der Waals surface area contributed by atoms with Gasteiger partial charge in [0.1, 0.15) is 0 Å². The predicted molar refractivity (Wildman–Crippen MR) is 92.2 cm³/mol. The number of nitrogens with zero attached hydrogens (tertiary/aromatic N) is 1. The Morgan fingerprint density at radius 3 is 2.39 bits per heavy atom. The lowest BCUT2D eigenvalue weighted by molar-refractivity contribution is -0.129. The molecule has 0 aromatic heterocycles. The first kappa shape index (κ1) is 18.5. The van der Waals surface area contributed by atoms with Gasteiger partial charge in [0.25, 0.3) is 0 Å². The highest BCUT2D eigenvalue weighted by molar-refractivity contribution is 5.85. The monoisotopic (exact) mass is 343 g/mol. The molecule has 3 unspecified atom stereocenters. The highest BCUT2D eigenvalue weighted by Crippen LogP contribution is 2.41. The molecule has 3 N–H and O–H groups in total. The number of amides is 2. The summed E-state index contributed by atoms with van der Waals surface area (Å²) in [6.07, 6.45) is 5.91. The van der Waals surface area contributed by atoms with E-state index in [1.54, 1.807) is 0 Å². The molecule has 0 aromatic rings. The van der Waals surface area contributed by atoms with Crippen LogP contribution in [0.25, 0.3) is 0 Å². The minimum atomic E-state index is -0.0159. The summed E-state index contributed by atoms with van der Waals surface area (Å²) in [6, 6.07) is 0.488. The maximum atomic E-state index is 12.6. The van der Waals surface area contributed by atoms with Crippen molar-refractivity contribution in [1.29, 1.82) is 0 Å². The van der Waals surface area contributed by atoms with Crippen LogP contribution in [0.4, 0.5) is 0 Å². The number of nitrogens with two attached hydrogens (primary N) is 1. The van der Waals surface area contributed by atoms with Gasteiger partial charge in [-0.05, 0) is 51.4 Å². The molecule has 5 nitrogen and oxygen atoms in total. The van der Waals surface area contributed by atoms with Crippen molar-refractivity contribution in [2.75, 3.05) is 6.54 Å². The van der Waals surface area contributed by atoms with Gasteiger partial charge < -0.3 is 16.0 Å². The summed E-state index contributed by atoms with van der Waals surface area (Å²) in [5.41, 5.74) is 6.30. The molecule has 0 aromatic carbocycles. The molecule has 1 saturated heterocycles. The van der Waals surface area contributed by atoms with Gasteiger partial charge in [0.05, 0.1) is 6.04 Å². The number of halogens is 1. The molecular formula is C17H30ClN3O2. The Kier molecular flexibility index (Phi) is 5.95. The van der Waals surface area contributed by atoms with Gasteiger partial charge in [-0.3, -0.25) is 9.59 Å². The summed E-state index contributed by atoms with van der Waals surface area (Å²) >= 11 is 0. The van der Waals surface area contributed by atoms with Gasteiger partial charge >= 0.3 is 0 Å². The number of hydrogen-bond acceptors (Lipinski definition) is 3. The van der Waals surface area contributed by atoms with Crippen LogP contribution in [-0.4, -0.2) is 41.4 Å². The number of nitrogens with one attached hydrogen (secondary N) is 1. The van der Waals surface area contributed by atoms with E-state index in [4.69, 9.17) is 5.73 Å². The largest absolute Gasteiger partial charge is 0.351 e. The van der Waals surface area contributed by atoms with Crippen LogP contribution in [0.15, 0.2) is 0 Å². The molecule has 2 saturated carbocycles. The van der Waals surface area contributed by atoms with Gasteiger partial charge in [0.15, 0.2) is 0 Å². The molecular weight excluding hydrogens is 314 g/mol. The predicted octanol–water partition coefficient (Wildman–Crippen LogP) is 1.69. The standard InChI is InChI=1S/C17H29N3O2.ClH/c1-10(2)20-9-14(8-15(20)21)19-17(22)13-6-11-4-3-5-12(7-13)16(11)18;/h10-14,16H,3-9,18H2,1-2H3,(H,19,22);1H. The number of carbonyl (C=O) groups excluding carboxylic acids is 2. The van der Waals surface area contributed by atoms with E-state index >= 15 is 0 Å². The molecule has 3 aliphatic rings. The van der Waals surface area contributed by atoms with Crippen molar-refractivity contribution in [3.05, 3.63) is 0 Å². The van der Waals surface area contributed by atoms with Gasteiger partial charge in [-0.25, -0.2) is 0 Å². The SMILES string of the molecule is CC(C)N1CC(NC(=O)C2CC3CCCC(C2)C3N)CC1=O.Cl. The zero-order valence-electron chi connectivity index (χ0n) is 14.2.